The molecule has 0 aliphatic carbocycles. The quantitative estimate of drug-likeness (QED) is 0.754. The second-order valence-electron chi connectivity index (χ2n) is 5.04. The van der Waals surface area contributed by atoms with Crippen molar-refractivity contribution in [2.75, 3.05) is 5.32 Å². The minimum Gasteiger partial charge on any atom is -0.467 e. The molecule has 0 aliphatic rings. The van der Waals surface area contributed by atoms with Crippen molar-refractivity contribution in [1.29, 1.82) is 0 Å². The van der Waals surface area contributed by atoms with Gasteiger partial charge in [-0.2, -0.15) is 0 Å². The number of carbonyl (C=O) groups is 2. The smallest absolute Gasteiger partial charge is 0.224 e. The Morgan fingerprint density at radius 3 is 2.91 bits per heavy atom. The van der Waals surface area contributed by atoms with Crippen molar-refractivity contribution in [3.8, 4) is 0 Å². The van der Waals surface area contributed by atoms with Gasteiger partial charge in [-0.3, -0.25) is 9.59 Å². The third-order valence-electron chi connectivity index (χ3n) is 3.14. The fourth-order valence-electron chi connectivity index (χ4n) is 2.13. The van der Waals surface area contributed by atoms with Gasteiger partial charge in [0.05, 0.1) is 29.4 Å². The van der Waals surface area contributed by atoms with Gasteiger partial charge in [-0.1, -0.05) is 17.4 Å². The number of amides is 2. The van der Waals surface area contributed by atoms with E-state index in [-0.39, 0.29) is 18.2 Å². The van der Waals surface area contributed by atoms with E-state index in [4.69, 9.17) is 4.42 Å². The average Bonchev–Trinajstić information content (AvgIpc) is 3.12. The number of furan rings is 1. The number of anilines is 1. The van der Waals surface area contributed by atoms with Crippen molar-refractivity contribution in [2.24, 2.45) is 0 Å². The largest absolute Gasteiger partial charge is 0.467 e. The second-order valence-corrected chi connectivity index (χ2v) is 6.07. The topological polar surface area (TPSA) is 84.2 Å². The molecule has 0 atom stereocenters. The van der Waals surface area contributed by atoms with Gasteiger partial charge in [-0.15, -0.1) is 0 Å². The Kier molecular flexibility index (Phi) is 4.38. The maximum Gasteiger partial charge on any atom is 0.224 e. The molecule has 0 bridgehead atoms. The fraction of sp³-hybridized carbons (Fsp3) is 0.188. The van der Waals surface area contributed by atoms with Gasteiger partial charge >= 0.3 is 0 Å². The van der Waals surface area contributed by atoms with Crippen molar-refractivity contribution in [1.82, 2.24) is 10.3 Å². The molecule has 0 unspecified atom stereocenters. The number of nitrogens with zero attached hydrogens (tertiary/aromatic N) is 1. The highest BCUT2D eigenvalue weighted by atomic mass is 32.1. The van der Waals surface area contributed by atoms with Gasteiger partial charge in [0.15, 0.2) is 5.13 Å². The summed E-state index contributed by atoms with van der Waals surface area (Å²) in [6, 6.07) is 9.24. The lowest BCUT2D eigenvalue weighted by Gasteiger charge is -2.03. The molecular weight excluding hydrogens is 314 g/mol. The zero-order valence-corrected chi connectivity index (χ0v) is 13.3. The summed E-state index contributed by atoms with van der Waals surface area (Å²) in [5.74, 6) is 0.491. The molecule has 3 aromatic rings. The van der Waals surface area contributed by atoms with Gasteiger partial charge in [-0.05, 0) is 29.8 Å². The molecule has 0 aliphatic heterocycles. The molecule has 2 heterocycles. The zero-order chi connectivity index (χ0) is 16.2. The Labute approximate surface area is 136 Å². The standard InChI is InChI=1S/C16H15N3O3S/c1-10(20)18-16-19-13-5-4-11(7-14(13)23-16)8-15(21)17-9-12-3-2-6-22-12/h2-7H,8-9H2,1H3,(H,17,21)(H,18,19,20). The summed E-state index contributed by atoms with van der Waals surface area (Å²) in [6.45, 7) is 1.82. The monoisotopic (exact) mass is 329 g/mol. The van der Waals surface area contributed by atoms with E-state index in [1.54, 1.807) is 12.3 Å². The Morgan fingerprint density at radius 1 is 1.30 bits per heavy atom. The molecule has 2 N–H and O–H groups in total. The highest BCUT2D eigenvalue weighted by Crippen LogP contribution is 2.26. The number of aromatic nitrogens is 1. The number of rotatable bonds is 5. The third-order valence-corrected chi connectivity index (χ3v) is 4.07. The summed E-state index contributed by atoms with van der Waals surface area (Å²) in [5, 5.41) is 6.04. The molecule has 0 radical (unpaired) electrons. The first-order chi connectivity index (χ1) is 11.1. The Morgan fingerprint density at radius 2 is 2.17 bits per heavy atom. The molecule has 1 aromatic carbocycles. The molecule has 0 saturated heterocycles. The number of nitrogens with one attached hydrogen (secondary N) is 2. The highest BCUT2D eigenvalue weighted by molar-refractivity contribution is 7.22. The zero-order valence-electron chi connectivity index (χ0n) is 12.5. The van der Waals surface area contributed by atoms with E-state index in [1.807, 2.05) is 24.3 Å². The number of thiazole rings is 1. The van der Waals surface area contributed by atoms with Crippen LogP contribution in [0.2, 0.25) is 0 Å². The molecule has 3 rings (SSSR count). The van der Waals surface area contributed by atoms with Crippen molar-refractivity contribution in [3.63, 3.8) is 0 Å². The second kappa shape index (κ2) is 6.62. The van der Waals surface area contributed by atoms with Crippen LogP contribution in [-0.2, 0) is 22.6 Å². The average molecular weight is 329 g/mol. The third kappa shape index (κ3) is 3.95. The predicted octanol–water partition coefficient (Wildman–Crippen LogP) is 2.71. The predicted molar refractivity (Wildman–Crippen MR) is 88.2 cm³/mol. The summed E-state index contributed by atoms with van der Waals surface area (Å²) >= 11 is 1.39. The lowest BCUT2D eigenvalue weighted by Crippen LogP contribution is -2.24. The minimum atomic E-state index is -0.151. The Balaban J connectivity index is 1.65. The SMILES string of the molecule is CC(=O)Nc1nc2ccc(CC(=O)NCc3ccco3)cc2s1. The van der Waals surface area contributed by atoms with Gasteiger partial charge in [0.1, 0.15) is 5.76 Å². The molecule has 0 saturated carbocycles. The Bertz CT molecular complexity index is 840. The number of benzene rings is 1. The van der Waals surface area contributed by atoms with Gasteiger partial charge in [0.25, 0.3) is 0 Å². The van der Waals surface area contributed by atoms with Crippen molar-refractivity contribution >= 4 is 38.5 Å². The number of hydrogen-bond donors (Lipinski definition) is 2. The van der Waals surface area contributed by atoms with Crippen LogP contribution in [0.3, 0.4) is 0 Å². The first-order valence-corrected chi connectivity index (χ1v) is 7.88. The van der Waals surface area contributed by atoms with Crippen molar-refractivity contribution < 1.29 is 14.0 Å². The maximum atomic E-state index is 12.0. The normalized spacial score (nSPS) is 10.7. The molecule has 6 nitrogen and oxygen atoms in total. The summed E-state index contributed by atoms with van der Waals surface area (Å²) in [7, 11) is 0. The number of carbonyl (C=O) groups excluding carboxylic acids is 2. The van der Waals surface area contributed by atoms with Crippen LogP contribution in [0.4, 0.5) is 5.13 Å². The summed E-state index contributed by atoms with van der Waals surface area (Å²) < 4.78 is 6.11. The lowest BCUT2D eigenvalue weighted by molar-refractivity contribution is -0.120. The highest BCUT2D eigenvalue weighted by Gasteiger charge is 2.09. The summed E-state index contributed by atoms with van der Waals surface area (Å²) in [6.07, 6.45) is 1.86. The van der Waals surface area contributed by atoms with Crippen molar-refractivity contribution in [3.05, 3.63) is 47.9 Å². The first-order valence-electron chi connectivity index (χ1n) is 7.06. The van der Waals surface area contributed by atoms with E-state index in [9.17, 15) is 9.59 Å². The van der Waals surface area contributed by atoms with Gasteiger partial charge < -0.3 is 15.1 Å². The van der Waals surface area contributed by atoms with Crippen molar-refractivity contribution in [2.45, 2.75) is 19.9 Å². The van der Waals surface area contributed by atoms with Crippen LogP contribution in [0.25, 0.3) is 10.2 Å². The van der Waals surface area contributed by atoms with Crippen LogP contribution in [0.1, 0.15) is 18.2 Å². The van der Waals surface area contributed by atoms with Gasteiger partial charge in [-0.25, -0.2) is 4.98 Å². The molecule has 7 heteroatoms. The van der Waals surface area contributed by atoms with E-state index >= 15 is 0 Å². The van der Waals surface area contributed by atoms with Gasteiger partial charge in [0.2, 0.25) is 11.8 Å². The van der Waals surface area contributed by atoms with E-state index in [1.165, 1.54) is 18.3 Å². The van der Waals surface area contributed by atoms with Crippen LogP contribution in [-0.4, -0.2) is 16.8 Å². The lowest BCUT2D eigenvalue weighted by atomic mass is 10.1. The van der Waals surface area contributed by atoms with Crippen LogP contribution in [0.15, 0.2) is 41.0 Å². The van der Waals surface area contributed by atoms with E-state index in [0.717, 1.165) is 21.5 Å². The molecule has 2 amide bonds. The van der Waals surface area contributed by atoms with Crippen LogP contribution in [0, 0.1) is 0 Å². The van der Waals surface area contributed by atoms with E-state index in [2.05, 4.69) is 15.6 Å². The van der Waals surface area contributed by atoms with Gasteiger partial charge in [0, 0.05) is 6.92 Å². The van der Waals surface area contributed by atoms with E-state index < -0.39 is 0 Å². The molecule has 0 fully saturated rings. The van der Waals surface area contributed by atoms with Crippen LogP contribution < -0.4 is 10.6 Å². The van der Waals surface area contributed by atoms with E-state index in [0.29, 0.717) is 11.7 Å². The molecule has 0 spiro atoms. The minimum absolute atomic E-state index is 0.0765. The number of hydrogen-bond acceptors (Lipinski definition) is 5. The Hall–Kier alpha value is -2.67. The summed E-state index contributed by atoms with van der Waals surface area (Å²) in [4.78, 5) is 27.4. The van der Waals surface area contributed by atoms with Crippen LogP contribution >= 0.6 is 11.3 Å². The maximum absolute atomic E-state index is 12.0. The summed E-state index contributed by atoms with van der Waals surface area (Å²) in [5.41, 5.74) is 1.70. The molecule has 2 aromatic heterocycles. The first kappa shape index (κ1) is 15.2. The fourth-order valence-corrected chi connectivity index (χ4v) is 3.11. The molecule has 23 heavy (non-hydrogen) atoms. The number of fused-ring (bicyclic) bond motifs is 1. The molecular formula is C16H15N3O3S. The molecule has 118 valence electrons. The van der Waals surface area contributed by atoms with Crippen LogP contribution in [0.5, 0.6) is 0 Å².